The molecule has 0 fully saturated rings. The molecular weight excluding hydrogens is 266 g/mol. The predicted octanol–water partition coefficient (Wildman–Crippen LogP) is 3.20. The Hall–Kier alpha value is -2.82. The second-order valence-electron chi connectivity index (χ2n) is 4.70. The highest BCUT2D eigenvalue weighted by atomic mass is 16.5. The lowest BCUT2D eigenvalue weighted by Crippen LogP contribution is -2.07. The molecule has 1 aromatic heterocycles. The van der Waals surface area contributed by atoms with Gasteiger partial charge in [-0.1, -0.05) is 12.1 Å². The normalized spacial score (nSPS) is 10.6. The van der Waals surface area contributed by atoms with E-state index >= 15 is 0 Å². The number of rotatable bonds is 3. The van der Waals surface area contributed by atoms with Crippen molar-refractivity contribution in [3.05, 3.63) is 42.5 Å². The lowest BCUT2D eigenvalue weighted by atomic mass is 10.1. The molecule has 0 radical (unpaired) electrons. The Balaban J connectivity index is 2.07. The van der Waals surface area contributed by atoms with Gasteiger partial charge in [-0.3, -0.25) is 4.79 Å². The number of hydrogen-bond acceptors (Lipinski definition) is 3. The number of carbonyl (C=O) groups is 1. The molecule has 3 rings (SSSR count). The number of ether oxygens (including phenoxy) is 1. The van der Waals surface area contributed by atoms with E-state index < -0.39 is 0 Å². The van der Waals surface area contributed by atoms with Gasteiger partial charge in [-0.25, -0.2) is 4.98 Å². The number of aromatic amines is 1. The molecule has 0 unspecified atom stereocenters. The van der Waals surface area contributed by atoms with Crippen LogP contribution in [0.3, 0.4) is 0 Å². The van der Waals surface area contributed by atoms with E-state index in [0.29, 0.717) is 11.4 Å². The molecule has 1 amide bonds. The van der Waals surface area contributed by atoms with Crippen molar-refractivity contribution in [3.63, 3.8) is 0 Å². The number of aromatic nitrogens is 2. The molecule has 1 heterocycles. The van der Waals surface area contributed by atoms with Crippen LogP contribution in [0.4, 0.5) is 5.69 Å². The Morgan fingerprint density at radius 3 is 2.76 bits per heavy atom. The van der Waals surface area contributed by atoms with Gasteiger partial charge in [0.15, 0.2) is 0 Å². The van der Waals surface area contributed by atoms with E-state index in [2.05, 4.69) is 15.3 Å². The van der Waals surface area contributed by atoms with E-state index in [9.17, 15) is 4.79 Å². The molecule has 3 aromatic rings. The zero-order valence-corrected chi connectivity index (χ0v) is 11.8. The van der Waals surface area contributed by atoms with Crippen LogP contribution in [-0.2, 0) is 4.79 Å². The molecule has 0 bridgehead atoms. The Labute approximate surface area is 122 Å². The predicted molar refractivity (Wildman–Crippen MR) is 82.4 cm³/mol. The van der Waals surface area contributed by atoms with Crippen molar-refractivity contribution in [2.45, 2.75) is 6.92 Å². The molecule has 0 aliphatic rings. The van der Waals surface area contributed by atoms with E-state index in [1.54, 1.807) is 7.11 Å². The average molecular weight is 281 g/mol. The number of fused-ring (bicyclic) bond motifs is 1. The smallest absolute Gasteiger partial charge is 0.221 e. The molecule has 0 aliphatic heterocycles. The Bertz CT molecular complexity index is 775. The first-order chi connectivity index (χ1) is 10.2. The summed E-state index contributed by atoms with van der Waals surface area (Å²) >= 11 is 0. The fourth-order valence-corrected chi connectivity index (χ4v) is 2.23. The van der Waals surface area contributed by atoms with Crippen LogP contribution in [0.25, 0.3) is 22.4 Å². The molecule has 0 aliphatic carbocycles. The van der Waals surface area contributed by atoms with E-state index in [-0.39, 0.29) is 5.91 Å². The highest BCUT2D eigenvalue weighted by molar-refractivity contribution is 5.91. The first-order valence-electron chi connectivity index (χ1n) is 6.58. The monoisotopic (exact) mass is 281 g/mol. The largest absolute Gasteiger partial charge is 0.495 e. The Morgan fingerprint density at radius 2 is 2.05 bits per heavy atom. The molecule has 21 heavy (non-hydrogen) atoms. The zero-order valence-electron chi connectivity index (χ0n) is 11.8. The highest BCUT2D eigenvalue weighted by Gasteiger charge is 2.10. The molecule has 0 atom stereocenters. The zero-order chi connectivity index (χ0) is 14.8. The highest BCUT2D eigenvalue weighted by Crippen LogP contribution is 2.30. The van der Waals surface area contributed by atoms with Gasteiger partial charge in [-0.2, -0.15) is 0 Å². The molecule has 2 aromatic carbocycles. The number of carbonyl (C=O) groups excluding carboxylic acids is 1. The number of methoxy groups -OCH3 is 1. The van der Waals surface area contributed by atoms with Gasteiger partial charge in [0.25, 0.3) is 0 Å². The summed E-state index contributed by atoms with van der Waals surface area (Å²) in [4.78, 5) is 19.1. The molecule has 106 valence electrons. The second kappa shape index (κ2) is 5.28. The maximum absolute atomic E-state index is 11.3. The Morgan fingerprint density at radius 1 is 1.24 bits per heavy atom. The summed E-state index contributed by atoms with van der Waals surface area (Å²) in [5.41, 5.74) is 3.40. The third-order valence-electron chi connectivity index (χ3n) is 3.17. The quantitative estimate of drug-likeness (QED) is 0.774. The number of anilines is 1. The maximum atomic E-state index is 11.3. The van der Waals surface area contributed by atoms with Crippen molar-refractivity contribution >= 4 is 22.6 Å². The minimum Gasteiger partial charge on any atom is -0.495 e. The van der Waals surface area contributed by atoms with E-state index in [0.717, 1.165) is 22.4 Å². The van der Waals surface area contributed by atoms with Crippen LogP contribution in [0.15, 0.2) is 42.5 Å². The summed E-state index contributed by atoms with van der Waals surface area (Å²) in [7, 11) is 1.57. The fourth-order valence-electron chi connectivity index (χ4n) is 2.23. The van der Waals surface area contributed by atoms with Crippen LogP contribution in [0, 0.1) is 0 Å². The molecule has 5 nitrogen and oxygen atoms in total. The third-order valence-corrected chi connectivity index (χ3v) is 3.17. The number of para-hydroxylation sites is 2. The van der Waals surface area contributed by atoms with Crippen LogP contribution in [0.1, 0.15) is 6.92 Å². The summed E-state index contributed by atoms with van der Waals surface area (Å²) < 4.78 is 5.25. The first-order valence-corrected chi connectivity index (χ1v) is 6.58. The summed E-state index contributed by atoms with van der Waals surface area (Å²) in [6, 6.07) is 13.4. The molecule has 0 saturated heterocycles. The van der Waals surface area contributed by atoms with Crippen molar-refractivity contribution in [1.29, 1.82) is 0 Å². The van der Waals surface area contributed by atoms with Crippen LogP contribution in [0.5, 0.6) is 5.75 Å². The van der Waals surface area contributed by atoms with Crippen LogP contribution >= 0.6 is 0 Å². The molecule has 0 spiro atoms. The number of H-pyrrole nitrogens is 1. The maximum Gasteiger partial charge on any atom is 0.221 e. The van der Waals surface area contributed by atoms with Crippen molar-refractivity contribution in [3.8, 4) is 17.1 Å². The number of nitrogens with zero attached hydrogens (tertiary/aromatic N) is 1. The molecule has 2 N–H and O–H groups in total. The van der Waals surface area contributed by atoms with E-state index in [1.165, 1.54) is 6.92 Å². The first kappa shape index (κ1) is 13.2. The van der Waals surface area contributed by atoms with E-state index in [1.807, 2.05) is 42.5 Å². The van der Waals surface area contributed by atoms with Crippen molar-refractivity contribution < 1.29 is 9.53 Å². The summed E-state index contributed by atoms with van der Waals surface area (Å²) in [5, 5.41) is 2.76. The van der Waals surface area contributed by atoms with Gasteiger partial charge in [-0.15, -0.1) is 0 Å². The number of imidazole rings is 1. The van der Waals surface area contributed by atoms with Gasteiger partial charge >= 0.3 is 0 Å². The third kappa shape index (κ3) is 2.58. The van der Waals surface area contributed by atoms with Crippen LogP contribution in [0.2, 0.25) is 0 Å². The average Bonchev–Trinajstić information content (AvgIpc) is 2.90. The standard InChI is InChI=1S/C16H15N3O2/c1-10(20)17-14-9-11(7-8-15(14)21-2)16-18-12-5-3-4-6-13(12)19-16/h3-9H,1-2H3,(H,17,20)(H,18,19). The molecular formula is C16H15N3O2. The van der Waals surface area contributed by atoms with Crippen molar-refractivity contribution in [2.24, 2.45) is 0 Å². The van der Waals surface area contributed by atoms with Gasteiger partial charge in [0, 0.05) is 12.5 Å². The van der Waals surface area contributed by atoms with Gasteiger partial charge in [-0.05, 0) is 30.3 Å². The minimum absolute atomic E-state index is 0.143. The Kier molecular flexibility index (Phi) is 3.31. The van der Waals surface area contributed by atoms with Crippen molar-refractivity contribution in [1.82, 2.24) is 9.97 Å². The summed E-state index contributed by atoms with van der Waals surface area (Å²) in [6.07, 6.45) is 0. The lowest BCUT2D eigenvalue weighted by Gasteiger charge is -2.10. The summed E-state index contributed by atoms with van der Waals surface area (Å²) in [5.74, 6) is 1.23. The topological polar surface area (TPSA) is 67.0 Å². The van der Waals surface area contributed by atoms with Crippen molar-refractivity contribution in [2.75, 3.05) is 12.4 Å². The number of benzene rings is 2. The van der Waals surface area contributed by atoms with Crippen LogP contribution in [-0.4, -0.2) is 23.0 Å². The molecule has 0 saturated carbocycles. The van der Waals surface area contributed by atoms with E-state index in [4.69, 9.17) is 4.74 Å². The molecule has 5 heteroatoms. The SMILES string of the molecule is COc1ccc(-c2nc3ccccc3[nH]2)cc1NC(C)=O. The van der Waals surface area contributed by atoms with Crippen LogP contribution < -0.4 is 10.1 Å². The summed E-state index contributed by atoms with van der Waals surface area (Å²) in [6.45, 7) is 1.47. The van der Waals surface area contributed by atoms with Gasteiger partial charge in [0.2, 0.25) is 5.91 Å². The van der Waals surface area contributed by atoms with Gasteiger partial charge in [0.1, 0.15) is 11.6 Å². The van der Waals surface area contributed by atoms with Gasteiger partial charge < -0.3 is 15.0 Å². The second-order valence-corrected chi connectivity index (χ2v) is 4.70. The van der Waals surface area contributed by atoms with Gasteiger partial charge in [0.05, 0.1) is 23.8 Å². The minimum atomic E-state index is -0.143. The number of amides is 1. The number of hydrogen-bond donors (Lipinski definition) is 2. The lowest BCUT2D eigenvalue weighted by molar-refractivity contribution is -0.114. The fraction of sp³-hybridized carbons (Fsp3) is 0.125. The number of nitrogens with one attached hydrogen (secondary N) is 2.